The van der Waals surface area contributed by atoms with Crippen LogP contribution in [0.25, 0.3) is 0 Å². The Morgan fingerprint density at radius 2 is 1.57 bits per heavy atom. The van der Waals surface area contributed by atoms with Gasteiger partial charge in [-0.25, -0.2) is 9.59 Å². The molecule has 2 rings (SSSR count). The van der Waals surface area contributed by atoms with Crippen molar-refractivity contribution in [2.45, 2.75) is 38.2 Å². The molecule has 0 saturated heterocycles. The van der Waals surface area contributed by atoms with Gasteiger partial charge in [0.1, 0.15) is 12.7 Å². The molecule has 0 aliphatic heterocycles. The molecule has 0 aromatic heterocycles. The molecular weight excluding hydrogens is 272 g/mol. The van der Waals surface area contributed by atoms with Crippen molar-refractivity contribution in [2.75, 3.05) is 13.2 Å². The van der Waals surface area contributed by atoms with Gasteiger partial charge in [0.05, 0.1) is 17.7 Å². The molecule has 1 aromatic carbocycles. The van der Waals surface area contributed by atoms with Crippen LogP contribution in [0.1, 0.15) is 52.8 Å². The Balaban J connectivity index is 1.91. The summed E-state index contributed by atoms with van der Waals surface area (Å²) in [5.41, 5.74) is 0.775. The van der Waals surface area contributed by atoms with E-state index >= 15 is 0 Å². The Bertz CT molecular complexity index is 474. The summed E-state index contributed by atoms with van der Waals surface area (Å²) in [6.45, 7) is -0.248. The highest BCUT2D eigenvalue weighted by molar-refractivity contribution is 5.93. The van der Waals surface area contributed by atoms with Gasteiger partial charge in [0.15, 0.2) is 0 Å². The summed E-state index contributed by atoms with van der Waals surface area (Å²) in [5, 5.41) is 8.60. The van der Waals surface area contributed by atoms with Gasteiger partial charge in [-0.3, -0.25) is 0 Å². The third-order valence-corrected chi connectivity index (χ3v) is 3.51. The average Bonchev–Trinajstić information content (AvgIpc) is 2.53. The van der Waals surface area contributed by atoms with Gasteiger partial charge in [0.25, 0.3) is 0 Å². The molecule has 0 atom stereocenters. The van der Waals surface area contributed by atoms with Gasteiger partial charge in [0.2, 0.25) is 0 Å². The van der Waals surface area contributed by atoms with Crippen molar-refractivity contribution in [1.82, 2.24) is 0 Å². The van der Waals surface area contributed by atoms with Gasteiger partial charge in [-0.1, -0.05) is 6.42 Å². The predicted octanol–water partition coefficient (Wildman–Crippen LogP) is 2.33. The van der Waals surface area contributed by atoms with Crippen molar-refractivity contribution in [1.29, 1.82) is 0 Å². The molecule has 0 bridgehead atoms. The summed E-state index contributed by atoms with van der Waals surface area (Å²) in [4.78, 5) is 23.5. The Labute approximate surface area is 123 Å². The number of esters is 2. The second-order valence-corrected chi connectivity index (χ2v) is 5.10. The highest BCUT2D eigenvalue weighted by Crippen LogP contribution is 2.21. The van der Waals surface area contributed by atoms with Gasteiger partial charge < -0.3 is 14.6 Å². The molecule has 0 spiro atoms. The van der Waals surface area contributed by atoms with Crippen molar-refractivity contribution < 1.29 is 24.2 Å². The number of carbonyl (C=O) groups excluding carboxylic acids is 2. The molecule has 1 aliphatic rings. The largest absolute Gasteiger partial charge is 0.460 e. The molecule has 0 radical (unpaired) electrons. The zero-order chi connectivity index (χ0) is 15.1. The smallest absolute Gasteiger partial charge is 0.338 e. The normalized spacial score (nSPS) is 15.5. The number of benzene rings is 1. The van der Waals surface area contributed by atoms with Gasteiger partial charge in [-0.15, -0.1) is 0 Å². The maximum absolute atomic E-state index is 12.0. The zero-order valence-corrected chi connectivity index (χ0v) is 11.9. The van der Waals surface area contributed by atoms with Crippen LogP contribution in [0.3, 0.4) is 0 Å². The molecule has 0 heterocycles. The minimum Gasteiger partial charge on any atom is -0.460 e. The first-order chi connectivity index (χ1) is 10.2. The first kappa shape index (κ1) is 15.5. The number of carbonyl (C=O) groups is 2. The Kier molecular flexibility index (Phi) is 5.75. The number of hydrogen-bond donors (Lipinski definition) is 1. The minimum atomic E-state index is -0.517. The van der Waals surface area contributed by atoms with Crippen LogP contribution in [0.2, 0.25) is 0 Å². The fourth-order valence-electron chi connectivity index (χ4n) is 2.37. The lowest BCUT2D eigenvalue weighted by molar-refractivity contribution is 0.0210. The molecule has 0 amide bonds. The molecule has 5 nitrogen and oxygen atoms in total. The van der Waals surface area contributed by atoms with Crippen molar-refractivity contribution in [2.24, 2.45) is 0 Å². The Morgan fingerprint density at radius 1 is 1.00 bits per heavy atom. The van der Waals surface area contributed by atoms with Crippen LogP contribution >= 0.6 is 0 Å². The van der Waals surface area contributed by atoms with Crippen LogP contribution in [0.5, 0.6) is 0 Å². The van der Waals surface area contributed by atoms with Gasteiger partial charge in [0, 0.05) is 0 Å². The quantitative estimate of drug-likeness (QED) is 0.843. The number of aliphatic hydroxyl groups is 1. The lowest BCUT2D eigenvalue weighted by Gasteiger charge is -2.21. The number of rotatable bonds is 5. The van der Waals surface area contributed by atoms with Crippen LogP contribution in [-0.4, -0.2) is 36.4 Å². The molecule has 21 heavy (non-hydrogen) atoms. The lowest BCUT2D eigenvalue weighted by atomic mass is 9.98. The topological polar surface area (TPSA) is 72.8 Å². The highest BCUT2D eigenvalue weighted by Gasteiger charge is 2.19. The summed E-state index contributed by atoms with van der Waals surface area (Å²) >= 11 is 0. The molecule has 1 N–H and O–H groups in total. The van der Waals surface area contributed by atoms with Crippen LogP contribution in [0.15, 0.2) is 24.3 Å². The summed E-state index contributed by atoms with van der Waals surface area (Å²) in [5.74, 6) is -0.867. The van der Waals surface area contributed by atoms with Crippen molar-refractivity contribution in [3.63, 3.8) is 0 Å². The SMILES string of the molecule is O=C(OCCO)c1ccc(C(=O)OC2CCCCC2)cc1. The third kappa shape index (κ3) is 4.56. The van der Waals surface area contributed by atoms with Crippen LogP contribution < -0.4 is 0 Å². The predicted molar refractivity (Wildman–Crippen MR) is 76.1 cm³/mol. The maximum atomic E-state index is 12.0. The molecular formula is C16H20O5. The molecule has 1 fully saturated rings. The molecule has 5 heteroatoms. The number of aliphatic hydroxyl groups excluding tert-OH is 1. The monoisotopic (exact) mass is 292 g/mol. The Hall–Kier alpha value is -1.88. The van der Waals surface area contributed by atoms with E-state index in [0.717, 1.165) is 25.7 Å². The van der Waals surface area contributed by atoms with E-state index in [1.165, 1.54) is 18.6 Å². The second-order valence-electron chi connectivity index (χ2n) is 5.10. The first-order valence-electron chi connectivity index (χ1n) is 7.29. The average molecular weight is 292 g/mol. The van der Waals surface area contributed by atoms with Gasteiger partial charge >= 0.3 is 11.9 Å². The van der Waals surface area contributed by atoms with E-state index in [1.807, 2.05) is 0 Å². The van der Waals surface area contributed by atoms with Crippen LogP contribution in [0.4, 0.5) is 0 Å². The highest BCUT2D eigenvalue weighted by atomic mass is 16.5. The number of ether oxygens (including phenoxy) is 2. The van der Waals surface area contributed by atoms with Gasteiger partial charge in [-0.05, 0) is 49.9 Å². The number of hydrogen-bond acceptors (Lipinski definition) is 5. The summed E-state index contributed by atoms with van der Waals surface area (Å²) in [7, 11) is 0. The van der Waals surface area contributed by atoms with Crippen molar-refractivity contribution in [3.05, 3.63) is 35.4 Å². The van der Waals surface area contributed by atoms with Gasteiger partial charge in [-0.2, -0.15) is 0 Å². The Morgan fingerprint density at radius 3 is 2.14 bits per heavy atom. The summed E-state index contributed by atoms with van der Waals surface area (Å²) in [6, 6.07) is 6.16. The van der Waals surface area contributed by atoms with E-state index < -0.39 is 5.97 Å². The first-order valence-corrected chi connectivity index (χ1v) is 7.29. The lowest BCUT2D eigenvalue weighted by Crippen LogP contribution is -2.21. The third-order valence-electron chi connectivity index (χ3n) is 3.51. The molecule has 1 saturated carbocycles. The molecule has 114 valence electrons. The van der Waals surface area contributed by atoms with E-state index in [1.54, 1.807) is 12.1 Å². The van der Waals surface area contributed by atoms with Crippen molar-refractivity contribution in [3.8, 4) is 0 Å². The van der Waals surface area contributed by atoms with Crippen molar-refractivity contribution >= 4 is 11.9 Å². The zero-order valence-electron chi connectivity index (χ0n) is 11.9. The van der Waals surface area contributed by atoms with E-state index in [0.29, 0.717) is 11.1 Å². The van der Waals surface area contributed by atoms with E-state index in [9.17, 15) is 9.59 Å². The maximum Gasteiger partial charge on any atom is 0.338 e. The molecule has 1 aliphatic carbocycles. The second kappa shape index (κ2) is 7.78. The molecule has 0 unspecified atom stereocenters. The summed E-state index contributed by atoms with van der Waals surface area (Å²) < 4.78 is 10.2. The summed E-state index contributed by atoms with van der Waals surface area (Å²) in [6.07, 6.45) is 5.29. The fraction of sp³-hybridized carbons (Fsp3) is 0.500. The van der Waals surface area contributed by atoms with E-state index in [2.05, 4.69) is 0 Å². The van der Waals surface area contributed by atoms with Crippen LogP contribution in [0, 0.1) is 0 Å². The fourth-order valence-corrected chi connectivity index (χ4v) is 2.37. The van der Waals surface area contributed by atoms with E-state index in [-0.39, 0.29) is 25.3 Å². The molecule has 1 aromatic rings. The standard InChI is InChI=1S/C16H20O5/c17-10-11-20-15(18)12-6-8-13(9-7-12)16(19)21-14-4-2-1-3-5-14/h6-9,14,17H,1-5,10-11H2. The van der Waals surface area contributed by atoms with E-state index in [4.69, 9.17) is 14.6 Å². The van der Waals surface area contributed by atoms with Crippen LogP contribution in [-0.2, 0) is 9.47 Å². The minimum absolute atomic E-state index is 0.0143.